The number of pyridine rings is 1. The van der Waals surface area contributed by atoms with Crippen LogP contribution < -0.4 is 5.32 Å². The minimum Gasteiger partial charge on any atom is -0.458 e. The molecule has 0 aromatic carbocycles. The van der Waals surface area contributed by atoms with Crippen molar-refractivity contribution in [2.24, 2.45) is 5.92 Å². The molecule has 2 aromatic rings. The predicted molar refractivity (Wildman–Crippen MR) is 97.5 cm³/mol. The summed E-state index contributed by atoms with van der Waals surface area (Å²) < 4.78 is 5.54. The van der Waals surface area contributed by atoms with Crippen LogP contribution in [0.2, 0.25) is 0 Å². The molecule has 0 bridgehead atoms. The molecule has 1 spiro atoms. The van der Waals surface area contributed by atoms with E-state index in [0.717, 1.165) is 41.9 Å². The van der Waals surface area contributed by atoms with Gasteiger partial charge in [-0.3, -0.25) is 14.6 Å². The van der Waals surface area contributed by atoms with Gasteiger partial charge in [-0.25, -0.2) is 4.98 Å². The van der Waals surface area contributed by atoms with Gasteiger partial charge in [-0.1, -0.05) is 0 Å². The molecule has 1 atom stereocenters. The van der Waals surface area contributed by atoms with Gasteiger partial charge in [-0.15, -0.1) is 11.3 Å². The Balaban J connectivity index is 1.33. The first-order valence-electron chi connectivity index (χ1n) is 9.01. The normalized spacial score (nSPS) is 21.1. The lowest BCUT2D eigenvalue weighted by atomic mass is 9.85. The first-order valence-corrected chi connectivity index (χ1v) is 9.89. The van der Waals surface area contributed by atoms with E-state index in [-0.39, 0.29) is 24.2 Å². The maximum atomic E-state index is 12.6. The van der Waals surface area contributed by atoms with Gasteiger partial charge in [0.1, 0.15) is 10.6 Å². The predicted octanol–water partition coefficient (Wildman–Crippen LogP) is 2.74. The number of ether oxygens (including phenoxy) is 1. The molecule has 4 rings (SSSR count). The zero-order valence-electron chi connectivity index (χ0n) is 14.4. The Kier molecular flexibility index (Phi) is 4.72. The average Bonchev–Trinajstić information content (AvgIpc) is 3.37. The molecule has 2 aromatic heterocycles. The van der Waals surface area contributed by atoms with Crippen LogP contribution in [0.5, 0.6) is 0 Å². The molecule has 2 aliphatic rings. The lowest BCUT2D eigenvalue weighted by molar-refractivity contribution is -0.149. The topological polar surface area (TPSA) is 81.2 Å². The van der Waals surface area contributed by atoms with Gasteiger partial charge in [0.05, 0.1) is 18.0 Å². The summed E-state index contributed by atoms with van der Waals surface area (Å²) in [5, 5.41) is 5.95. The molecule has 1 saturated carbocycles. The van der Waals surface area contributed by atoms with Crippen LogP contribution in [0.1, 0.15) is 37.8 Å². The Hall–Kier alpha value is -2.28. The number of nitrogens with one attached hydrogen (secondary N) is 1. The standard InChI is InChI=1S/C19H21N3O3S/c23-16-11-15(19(25-16)6-1-2-7-19)17(24)21-10-5-14-12-26-18(22-14)13-3-8-20-9-4-13/h3-4,8-9,12,15H,1-2,5-7,10-11H2,(H,21,24)/t15-/m1/s1. The highest BCUT2D eigenvalue weighted by Gasteiger charge is 2.53. The Morgan fingerprint density at radius 2 is 2.08 bits per heavy atom. The Morgan fingerprint density at radius 3 is 2.85 bits per heavy atom. The van der Waals surface area contributed by atoms with E-state index in [9.17, 15) is 9.59 Å². The van der Waals surface area contributed by atoms with Crippen LogP contribution in [0.25, 0.3) is 10.6 Å². The number of hydrogen-bond acceptors (Lipinski definition) is 6. The molecule has 6 nitrogen and oxygen atoms in total. The molecule has 0 radical (unpaired) electrons. The van der Waals surface area contributed by atoms with Crippen LogP contribution in [0, 0.1) is 5.92 Å². The van der Waals surface area contributed by atoms with E-state index >= 15 is 0 Å². The highest BCUT2D eigenvalue weighted by atomic mass is 32.1. The molecule has 136 valence electrons. The zero-order valence-corrected chi connectivity index (χ0v) is 15.3. The molecular formula is C19H21N3O3S. The van der Waals surface area contributed by atoms with Crippen LogP contribution in [0.4, 0.5) is 0 Å². The molecule has 1 saturated heterocycles. The second-order valence-corrected chi connectivity index (χ2v) is 7.78. The summed E-state index contributed by atoms with van der Waals surface area (Å²) >= 11 is 1.59. The molecular weight excluding hydrogens is 350 g/mol. The molecule has 26 heavy (non-hydrogen) atoms. The van der Waals surface area contributed by atoms with Gasteiger partial charge in [0.15, 0.2) is 0 Å². The second-order valence-electron chi connectivity index (χ2n) is 6.92. The van der Waals surface area contributed by atoms with Gasteiger partial charge in [-0.2, -0.15) is 0 Å². The summed E-state index contributed by atoms with van der Waals surface area (Å²) in [5.41, 5.74) is 1.46. The van der Waals surface area contributed by atoms with Gasteiger partial charge in [0.2, 0.25) is 5.91 Å². The number of hydrogen-bond donors (Lipinski definition) is 1. The van der Waals surface area contributed by atoms with Crippen LogP contribution in [0.3, 0.4) is 0 Å². The van der Waals surface area contributed by atoms with Crippen molar-refractivity contribution >= 4 is 23.2 Å². The maximum absolute atomic E-state index is 12.6. The van der Waals surface area contributed by atoms with Crippen molar-refractivity contribution in [1.29, 1.82) is 0 Å². The summed E-state index contributed by atoms with van der Waals surface area (Å²) in [4.78, 5) is 33.0. The number of nitrogens with zero attached hydrogens (tertiary/aromatic N) is 2. The van der Waals surface area contributed by atoms with Crippen LogP contribution in [-0.4, -0.2) is 34.0 Å². The fraction of sp³-hybridized carbons (Fsp3) is 0.474. The molecule has 1 aliphatic carbocycles. The highest BCUT2D eigenvalue weighted by molar-refractivity contribution is 7.13. The third-order valence-electron chi connectivity index (χ3n) is 5.25. The second kappa shape index (κ2) is 7.15. The fourth-order valence-electron chi connectivity index (χ4n) is 3.93. The van der Waals surface area contributed by atoms with E-state index < -0.39 is 5.60 Å². The zero-order chi connectivity index (χ0) is 18.0. The number of carbonyl (C=O) groups excluding carboxylic acids is 2. The number of rotatable bonds is 5. The van der Waals surface area contributed by atoms with Crippen LogP contribution in [0.15, 0.2) is 29.9 Å². The van der Waals surface area contributed by atoms with E-state index in [4.69, 9.17) is 4.74 Å². The molecule has 3 heterocycles. The molecule has 0 unspecified atom stereocenters. The number of carbonyl (C=O) groups is 2. The number of thiazole rings is 1. The summed E-state index contributed by atoms with van der Waals surface area (Å²) in [6.07, 6.45) is 8.02. The molecule has 1 aliphatic heterocycles. The van der Waals surface area contributed by atoms with Crippen LogP contribution >= 0.6 is 11.3 Å². The summed E-state index contributed by atoms with van der Waals surface area (Å²) in [6, 6.07) is 3.87. The van der Waals surface area contributed by atoms with E-state index in [1.165, 1.54) is 0 Å². The molecule has 1 amide bonds. The first-order chi connectivity index (χ1) is 12.7. The molecule has 7 heteroatoms. The molecule has 2 fully saturated rings. The Bertz CT molecular complexity index is 799. The first kappa shape index (κ1) is 17.1. The van der Waals surface area contributed by atoms with E-state index in [1.54, 1.807) is 23.7 Å². The van der Waals surface area contributed by atoms with Crippen molar-refractivity contribution in [3.05, 3.63) is 35.6 Å². The average molecular weight is 371 g/mol. The fourth-order valence-corrected chi connectivity index (χ4v) is 4.79. The summed E-state index contributed by atoms with van der Waals surface area (Å²) in [5.74, 6) is -0.656. The number of aromatic nitrogens is 2. The Morgan fingerprint density at radius 1 is 1.31 bits per heavy atom. The van der Waals surface area contributed by atoms with Gasteiger partial charge < -0.3 is 10.1 Å². The maximum Gasteiger partial charge on any atom is 0.307 e. The number of esters is 1. The lowest BCUT2D eigenvalue weighted by Crippen LogP contribution is -2.43. The van der Waals surface area contributed by atoms with E-state index in [1.807, 2.05) is 17.5 Å². The largest absolute Gasteiger partial charge is 0.458 e. The summed E-state index contributed by atoms with van der Waals surface area (Å²) in [7, 11) is 0. The van der Waals surface area contributed by atoms with Crippen molar-refractivity contribution < 1.29 is 14.3 Å². The summed E-state index contributed by atoms with van der Waals surface area (Å²) in [6.45, 7) is 0.513. The van der Waals surface area contributed by atoms with Crippen molar-refractivity contribution in [3.8, 4) is 10.6 Å². The van der Waals surface area contributed by atoms with Crippen LogP contribution in [-0.2, 0) is 20.7 Å². The highest BCUT2D eigenvalue weighted by Crippen LogP contribution is 2.45. The lowest BCUT2D eigenvalue weighted by Gasteiger charge is -2.27. The third-order valence-corrected chi connectivity index (χ3v) is 6.19. The SMILES string of the molecule is O=C1C[C@H](C(=O)NCCc2csc(-c3ccncc3)n2)C2(CCCC2)O1. The van der Waals surface area contributed by atoms with Gasteiger partial charge >= 0.3 is 5.97 Å². The van der Waals surface area contributed by atoms with Crippen molar-refractivity contribution in [1.82, 2.24) is 15.3 Å². The minimum atomic E-state index is -0.545. The molecule has 1 N–H and O–H groups in total. The monoisotopic (exact) mass is 371 g/mol. The third kappa shape index (κ3) is 3.35. The Labute approximate surface area is 156 Å². The van der Waals surface area contributed by atoms with Crippen molar-refractivity contribution in [3.63, 3.8) is 0 Å². The van der Waals surface area contributed by atoms with Crippen molar-refractivity contribution in [2.45, 2.75) is 44.1 Å². The van der Waals surface area contributed by atoms with Gasteiger partial charge in [-0.05, 0) is 37.8 Å². The van der Waals surface area contributed by atoms with Crippen molar-refractivity contribution in [2.75, 3.05) is 6.54 Å². The number of amides is 1. The van der Waals surface area contributed by atoms with E-state index in [2.05, 4.69) is 15.3 Å². The quantitative estimate of drug-likeness (QED) is 0.818. The minimum absolute atomic E-state index is 0.0673. The van der Waals surface area contributed by atoms with E-state index in [0.29, 0.717) is 13.0 Å². The smallest absolute Gasteiger partial charge is 0.307 e. The van der Waals surface area contributed by atoms with Gasteiger partial charge in [0, 0.05) is 36.3 Å². The van der Waals surface area contributed by atoms with Gasteiger partial charge in [0.25, 0.3) is 0 Å².